The first-order valence-electron chi connectivity index (χ1n) is 17.1. The second-order valence-electron chi connectivity index (χ2n) is 13.8. The summed E-state index contributed by atoms with van der Waals surface area (Å²) < 4.78 is 11.1. The molecule has 2 fully saturated rings. The molecule has 0 radical (unpaired) electrons. The molecule has 1 unspecified atom stereocenters. The summed E-state index contributed by atoms with van der Waals surface area (Å²) in [6, 6.07) is 8.85. The van der Waals surface area contributed by atoms with Crippen LogP contribution in [0.2, 0.25) is 5.02 Å². The van der Waals surface area contributed by atoms with Gasteiger partial charge in [-0.25, -0.2) is 4.45 Å². The normalized spacial score (nSPS) is 15.3. The number of methoxy groups -OCH3 is 1. The molecule has 0 N–H and O–H groups in total. The van der Waals surface area contributed by atoms with Gasteiger partial charge in [-0.05, 0) is 93.3 Å². The maximum absolute atomic E-state index is 11.2. The second kappa shape index (κ2) is 16.2. The molecular weight excluding hydrogens is 768 g/mol. The van der Waals surface area contributed by atoms with Gasteiger partial charge >= 0.3 is 0 Å². The Morgan fingerprint density at radius 3 is 2.27 bits per heavy atom. The number of aryl methyl sites for hydroxylation is 2. The number of amides is 1. The number of nitrogens with zero attached hydrogens (tertiary/aromatic N) is 7. The standard InChI is InChI=1S/C27H26ClIN7OP.C5H12O.C3H8.C2H6/c1-15-6-22-20(11-31-36(22)38-29)24(25(15)28)23-16(2)35(19-8-27(9-19)12-34(13-27)14-37)32-26(23)17-4-5-21-18(7-17)10-30-33(21)3;1-5(2,3)6-4;1-3-2;1-2/h4-7,10-11,14,19,38H,8-9,12-13H2,1-3H3;1-4H3;3H2,1-2H3;1-2H3. The van der Waals surface area contributed by atoms with E-state index in [0.717, 1.165) is 92.8 Å². The number of carbonyl (C=O) groups is 1. The van der Waals surface area contributed by atoms with Crippen LogP contribution in [-0.4, -0.2) is 66.2 Å². The first-order valence-corrected chi connectivity index (χ1v) is 21.5. The minimum absolute atomic E-state index is 0.0417. The molecule has 1 aliphatic heterocycles. The number of halogens is 2. The molecule has 2 aliphatic rings. The smallest absolute Gasteiger partial charge is 0.209 e. The minimum atomic E-state index is 0.0417. The summed E-state index contributed by atoms with van der Waals surface area (Å²) in [6.07, 6.45) is 8.61. The molecule has 1 saturated heterocycles. The molecule has 3 aromatic heterocycles. The summed E-state index contributed by atoms with van der Waals surface area (Å²) in [5.41, 5.74) is 8.62. The molecule has 1 atom stereocenters. The molecule has 1 amide bonds. The maximum atomic E-state index is 11.2. The van der Waals surface area contributed by atoms with E-state index in [2.05, 4.69) is 88.9 Å². The number of aromatic nitrogens is 6. The number of likely N-dealkylation sites (tertiary alicyclic amines) is 1. The Bertz CT molecular complexity index is 1890. The molecule has 2 aromatic carbocycles. The fraction of sp³-hybridized carbons (Fsp3) is 0.514. The van der Waals surface area contributed by atoms with Gasteiger partial charge in [0, 0.05) is 65.8 Å². The van der Waals surface area contributed by atoms with Crippen LogP contribution in [0.15, 0.2) is 36.7 Å². The first-order chi connectivity index (χ1) is 23.3. The van der Waals surface area contributed by atoms with Crippen LogP contribution in [0, 0.1) is 19.3 Å². The second-order valence-corrected chi connectivity index (χ2v) is 16.3. The van der Waals surface area contributed by atoms with Crippen molar-refractivity contribution < 1.29 is 9.53 Å². The van der Waals surface area contributed by atoms with E-state index in [1.807, 2.05) is 68.1 Å². The molecule has 7 rings (SSSR count). The van der Waals surface area contributed by atoms with Gasteiger partial charge in [0.25, 0.3) is 0 Å². The Labute approximate surface area is 311 Å². The summed E-state index contributed by atoms with van der Waals surface area (Å²) >= 11 is 9.47. The molecule has 4 heterocycles. The van der Waals surface area contributed by atoms with Crippen LogP contribution in [0.3, 0.4) is 0 Å². The average Bonchev–Trinajstić information content (AvgIpc) is 3.73. The third kappa shape index (κ3) is 8.03. The van der Waals surface area contributed by atoms with Crippen LogP contribution in [0.1, 0.15) is 85.0 Å². The maximum Gasteiger partial charge on any atom is 0.209 e. The molecule has 1 spiro atoms. The van der Waals surface area contributed by atoms with Crippen LogP contribution in [0.4, 0.5) is 0 Å². The van der Waals surface area contributed by atoms with Crippen LogP contribution >= 0.6 is 40.0 Å². The molecule has 9 nitrogen and oxygen atoms in total. The Morgan fingerprint density at radius 2 is 1.69 bits per heavy atom. The van der Waals surface area contributed by atoms with Crippen molar-refractivity contribution in [2.45, 2.75) is 93.2 Å². The number of rotatable bonds is 5. The Morgan fingerprint density at radius 1 is 1.06 bits per heavy atom. The lowest BCUT2D eigenvalue weighted by molar-refractivity contribution is -0.140. The van der Waals surface area contributed by atoms with Crippen molar-refractivity contribution in [3.63, 3.8) is 0 Å². The Kier molecular flexibility index (Phi) is 13.0. The van der Waals surface area contributed by atoms with Crippen molar-refractivity contribution in [1.82, 2.24) is 34.0 Å². The SMILES string of the molecule is CC.CCC.COC(C)(C)C.Cc1cc2c(cnn2PI)c(-c2c(-c3ccc4c(cnn4C)c3)nn(C3CC4(C3)CN(C=O)C4)c2C)c1Cl. The number of hydrogen-bond acceptors (Lipinski definition) is 5. The van der Waals surface area contributed by atoms with Gasteiger partial charge in [0.05, 0.1) is 46.5 Å². The van der Waals surface area contributed by atoms with Gasteiger partial charge in [-0.1, -0.05) is 51.8 Å². The number of fused-ring (bicyclic) bond motifs is 2. The highest BCUT2D eigenvalue weighted by atomic mass is 127. The molecular formula is C37H52ClIN7O2P. The van der Waals surface area contributed by atoms with Crippen molar-refractivity contribution >= 4 is 68.2 Å². The van der Waals surface area contributed by atoms with Crippen LogP contribution in [0.25, 0.3) is 44.2 Å². The Balaban J connectivity index is 0.000000435. The van der Waals surface area contributed by atoms with Crippen molar-refractivity contribution in [2.24, 2.45) is 12.5 Å². The van der Waals surface area contributed by atoms with E-state index < -0.39 is 0 Å². The summed E-state index contributed by atoms with van der Waals surface area (Å²) in [6.45, 7) is 20.2. The Hall–Kier alpha value is -2.53. The fourth-order valence-corrected chi connectivity index (χ4v) is 8.31. The highest BCUT2D eigenvalue weighted by Gasteiger charge is 2.53. The monoisotopic (exact) mass is 819 g/mol. The van der Waals surface area contributed by atoms with Gasteiger partial charge in [0.15, 0.2) is 0 Å². The van der Waals surface area contributed by atoms with Crippen LogP contribution < -0.4 is 0 Å². The summed E-state index contributed by atoms with van der Waals surface area (Å²) in [5.74, 6) is 0. The lowest BCUT2D eigenvalue weighted by Gasteiger charge is -2.58. The van der Waals surface area contributed by atoms with Gasteiger partial charge in [0.2, 0.25) is 6.41 Å². The third-order valence-electron chi connectivity index (χ3n) is 9.02. The topological polar surface area (TPSA) is 83.0 Å². The lowest BCUT2D eigenvalue weighted by Crippen LogP contribution is -2.61. The van der Waals surface area contributed by atoms with Gasteiger partial charge in [-0.2, -0.15) is 15.3 Å². The van der Waals surface area contributed by atoms with Crippen molar-refractivity contribution in [3.8, 4) is 22.4 Å². The van der Waals surface area contributed by atoms with Gasteiger partial charge < -0.3 is 9.64 Å². The van der Waals surface area contributed by atoms with E-state index in [1.54, 1.807) is 7.11 Å². The zero-order valence-corrected chi connectivity index (χ0v) is 34.8. The molecule has 5 aromatic rings. The molecule has 266 valence electrons. The summed E-state index contributed by atoms with van der Waals surface area (Å²) in [7, 11) is 3.67. The minimum Gasteiger partial charge on any atom is -0.379 e. The van der Waals surface area contributed by atoms with Crippen LogP contribution in [0.5, 0.6) is 0 Å². The van der Waals surface area contributed by atoms with E-state index in [9.17, 15) is 4.79 Å². The summed E-state index contributed by atoms with van der Waals surface area (Å²) in [4.78, 5) is 13.0. The third-order valence-corrected chi connectivity index (χ3v) is 11.4. The number of ether oxygens (including phenoxy) is 1. The average molecular weight is 820 g/mol. The predicted molar refractivity (Wildman–Crippen MR) is 215 cm³/mol. The fourth-order valence-electron chi connectivity index (χ4n) is 6.53. The van der Waals surface area contributed by atoms with Crippen molar-refractivity contribution in [1.29, 1.82) is 0 Å². The highest BCUT2D eigenvalue weighted by molar-refractivity contribution is 14.2. The first kappa shape index (κ1) is 39.3. The lowest BCUT2D eigenvalue weighted by atomic mass is 9.61. The van der Waals surface area contributed by atoms with Crippen LogP contribution in [-0.2, 0) is 16.6 Å². The number of benzene rings is 2. The van der Waals surface area contributed by atoms with Gasteiger partial charge in [-0.3, -0.25) is 14.2 Å². The number of hydrogen-bond donors (Lipinski definition) is 0. The van der Waals surface area contributed by atoms with Crippen molar-refractivity contribution in [2.75, 3.05) is 20.2 Å². The summed E-state index contributed by atoms with van der Waals surface area (Å²) in [5, 5.41) is 17.3. The van der Waals surface area contributed by atoms with E-state index in [4.69, 9.17) is 21.4 Å². The van der Waals surface area contributed by atoms with E-state index >= 15 is 0 Å². The predicted octanol–water partition coefficient (Wildman–Crippen LogP) is 10.2. The molecule has 12 heteroatoms. The zero-order valence-electron chi connectivity index (χ0n) is 30.9. The quantitative estimate of drug-likeness (QED) is 0.100. The van der Waals surface area contributed by atoms with E-state index in [-0.39, 0.29) is 11.0 Å². The van der Waals surface area contributed by atoms with Gasteiger partial charge in [0.1, 0.15) is 5.69 Å². The zero-order chi connectivity index (χ0) is 36.3. The van der Waals surface area contributed by atoms with Gasteiger partial charge in [-0.15, -0.1) is 0 Å². The molecule has 1 saturated carbocycles. The molecule has 0 bridgehead atoms. The van der Waals surface area contributed by atoms with E-state index in [1.165, 1.54) is 6.42 Å². The van der Waals surface area contributed by atoms with E-state index in [0.29, 0.717) is 12.4 Å². The molecule has 49 heavy (non-hydrogen) atoms. The largest absolute Gasteiger partial charge is 0.379 e. The number of carbonyl (C=O) groups excluding carboxylic acids is 1. The molecule has 1 aliphatic carbocycles. The highest BCUT2D eigenvalue weighted by Crippen LogP contribution is 2.55. The van der Waals surface area contributed by atoms with Crippen molar-refractivity contribution in [3.05, 3.63) is 52.9 Å².